The van der Waals surface area contributed by atoms with Gasteiger partial charge in [-0.15, -0.1) is 0 Å². The number of aryl methyl sites for hydroxylation is 2. The molecular weight excluding hydrogens is 288 g/mol. The molecule has 0 saturated carbocycles. The zero-order valence-corrected chi connectivity index (χ0v) is 13.8. The van der Waals surface area contributed by atoms with E-state index < -0.39 is 0 Å². The Kier molecular flexibility index (Phi) is 3.78. The third-order valence-electron chi connectivity index (χ3n) is 3.91. The Morgan fingerprint density at radius 2 is 2.00 bits per heavy atom. The lowest BCUT2D eigenvalue weighted by Gasteiger charge is -2.11. The molecule has 0 fully saturated rings. The summed E-state index contributed by atoms with van der Waals surface area (Å²) >= 11 is 0. The van der Waals surface area contributed by atoms with Gasteiger partial charge in [-0.25, -0.2) is 4.98 Å². The molecule has 0 unspecified atom stereocenters. The van der Waals surface area contributed by atoms with Gasteiger partial charge in [0.1, 0.15) is 5.82 Å². The van der Waals surface area contributed by atoms with Crippen LogP contribution in [-0.2, 0) is 7.05 Å². The van der Waals surface area contributed by atoms with Crippen LogP contribution in [-0.4, -0.2) is 29.6 Å². The highest BCUT2D eigenvalue weighted by Crippen LogP contribution is 2.24. The fourth-order valence-electron chi connectivity index (χ4n) is 2.78. The Bertz CT molecular complexity index is 863. The maximum atomic E-state index is 12.6. The first-order valence-corrected chi connectivity index (χ1v) is 7.47. The van der Waals surface area contributed by atoms with Crippen LogP contribution in [0.5, 0.6) is 0 Å². The minimum absolute atomic E-state index is 0.124. The third-order valence-corrected chi connectivity index (χ3v) is 3.91. The number of anilines is 2. The number of carbonyl (C=O) groups is 1. The van der Waals surface area contributed by atoms with E-state index in [9.17, 15) is 4.79 Å². The molecule has 0 saturated heterocycles. The van der Waals surface area contributed by atoms with E-state index in [0.29, 0.717) is 11.3 Å². The van der Waals surface area contributed by atoms with Crippen molar-refractivity contribution in [2.75, 3.05) is 24.3 Å². The summed E-state index contributed by atoms with van der Waals surface area (Å²) in [5.74, 6) is 0.726. The number of fused-ring (bicyclic) bond motifs is 1. The Morgan fingerprint density at radius 3 is 2.65 bits per heavy atom. The quantitative estimate of drug-likeness (QED) is 0.808. The average Bonchev–Trinajstić information content (AvgIpc) is 2.86. The molecule has 2 heterocycles. The summed E-state index contributed by atoms with van der Waals surface area (Å²) in [5, 5.41) is 3.88. The molecule has 0 bridgehead atoms. The predicted octanol–water partition coefficient (Wildman–Crippen LogP) is 3.20. The van der Waals surface area contributed by atoms with Gasteiger partial charge >= 0.3 is 0 Å². The molecule has 5 nitrogen and oxygen atoms in total. The Hall–Kier alpha value is -2.82. The highest BCUT2D eigenvalue weighted by molar-refractivity contribution is 6.13. The number of aromatic nitrogens is 2. The lowest BCUT2D eigenvalue weighted by molar-refractivity contribution is 0.102. The van der Waals surface area contributed by atoms with Crippen molar-refractivity contribution in [1.29, 1.82) is 0 Å². The summed E-state index contributed by atoms with van der Waals surface area (Å²) in [7, 11) is 5.82. The Labute approximate surface area is 135 Å². The SMILES string of the molecule is Cc1cccc2c(C(=O)Nc3ccc(N(C)C)nc3)cn(C)c12. The lowest BCUT2D eigenvalue weighted by atomic mass is 10.1. The van der Waals surface area contributed by atoms with E-state index in [4.69, 9.17) is 0 Å². The summed E-state index contributed by atoms with van der Waals surface area (Å²) in [5.41, 5.74) is 3.59. The number of amides is 1. The molecule has 0 aliphatic heterocycles. The van der Waals surface area contributed by atoms with Gasteiger partial charge in [0.25, 0.3) is 5.91 Å². The van der Waals surface area contributed by atoms with Crippen molar-refractivity contribution in [3.63, 3.8) is 0 Å². The number of para-hydroxylation sites is 1. The molecule has 118 valence electrons. The minimum Gasteiger partial charge on any atom is -0.363 e. The highest BCUT2D eigenvalue weighted by Gasteiger charge is 2.15. The fourth-order valence-corrected chi connectivity index (χ4v) is 2.78. The number of rotatable bonds is 3. The molecule has 0 spiro atoms. The standard InChI is InChI=1S/C18H20N4O/c1-12-6-5-7-14-15(11-22(4)17(12)14)18(23)20-13-8-9-16(19-10-13)21(2)3/h5-11H,1-4H3,(H,20,23). The van der Waals surface area contributed by atoms with Crippen molar-refractivity contribution in [2.45, 2.75) is 6.92 Å². The van der Waals surface area contributed by atoms with Gasteiger partial charge < -0.3 is 14.8 Å². The van der Waals surface area contributed by atoms with Crippen LogP contribution >= 0.6 is 0 Å². The van der Waals surface area contributed by atoms with E-state index >= 15 is 0 Å². The van der Waals surface area contributed by atoms with E-state index in [1.807, 2.05) is 74.1 Å². The van der Waals surface area contributed by atoms with Gasteiger partial charge in [0, 0.05) is 32.7 Å². The molecule has 0 atom stereocenters. The third kappa shape index (κ3) is 2.77. The number of nitrogens with zero attached hydrogens (tertiary/aromatic N) is 3. The van der Waals surface area contributed by atoms with Gasteiger partial charge in [-0.1, -0.05) is 18.2 Å². The van der Waals surface area contributed by atoms with Crippen LogP contribution in [0.15, 0.2) is 42.7 Å². The maximum absolute atomic E-state index is 12.6. The van der Waals surface area contributed by atoms with Gasteiger partial charge in [-0.3, -0.25) is 4.79 Å². The van der Waals surface area contributed by atoms with Crippen molar-refractivity contribution >= 4 is 28.3 Å². The largest absolute Gasteiger partial charge is 0.363 e. The molecule has 0 aliphatic rings. The Morgan fingerprint density at radius 1 is 1.22 bits per heavy atom. The fraction of sp³-hybridized carbons (Fsp3) is 0.222. The zero-order chi connectivity index (χ0) is 16.6. The van der Waals surface area contributed by atoms with E-state index in [2.05, 4.69) is 10.3 Å². The second-order valence-electron chi connectivity index (χ2n) is 5.88. The molecule has 5 heteroatoms. The van der Waals surface area contributed by atoms with E-state index in [0.717, 1.165) is 22.3 Å². The number of nitrogens with one attached hydrogen (secondary N) is 1. The predicted molar refractivity (Wildman–Crippen MR) is 94.2 cm³/mol. The number of hydrogen-bond donors (Lipinski definition) is 1. The molecule has 23 heavy (non-hydrogen) atoms. The van der Waals surface area contributed by atoms with E-state index in [1.54, 1.807) is 6.20 Å². The molecule has 1 N–H and O–H groups in total. The maximum Gasteiger partial charge on any atom is 0.257 e. The molecule has 1 aromatic carbocycles. The summed E-state index contributed by atoms with van der Waals surface area (Å²) in [6.45, 7) is 2.05. The van der Waals surface area contributed by atoms with Crippen LogP contribution in [0.25, 0.3) is 10.9 Å². The van der Waals surface area contributed by atoms with Crippen LogP contribution in [0.3, 0.4) is 0 Å². The number of hydrogen-bond acceptors (Lipinski definition) is 3. The summed E-state index contributed by atoms with van der Waals surface area (Å²) in [4.78, 5) is 18.8. The minimum atomic E-state index is -0.124. The number of benzene rings is 1. The lowest BCUT2D eigenvalue weighted by Crippen LogP contribution is -2.13. The van der Waals surface area contributed by atoms with Crippen molar-refractivity contribution in [2.24, 2.45) is 7.05 Å². The van der Waals surface area contributed by atoms with Crippen LogP contribution in [0.1, 0.15) is 15.9 Å². The summed E-state index contributed by atoms with van der Waals surface area (Å²) < 4.78 is 1.99. The van der Waals surface area contributed by atoms with Crippen LogP contribution in [0, 0.1) is 6.92 Å². The number of carbonyl (C=O) groups excluding carboxylic acids is 1. The zero-order valence-electron chi connectivity index (χ0n) is 13.8. The first-order valence-electron chi connectivity index (χ1n) is 7.47. The van der Waals surface area contributed by atoms with Crippen molar-refractivity contribution in [3.05, 3.63) is 53.9 Å². The molecule has 0 radical (unpaired) electrons. The van der Waals surface area contributed by atoms with Crippen molar-refractivity contribution < 1.29 is 4.79 Å². The van der Waals surface area contributed by atoms with Gasteiger partial charge in [-0.2, -0.15) is 0 Å². The second kappa shape index (κ2) is 5.76. The smallest absolute Gasteiger partial charge is 0.257 e. The first kappa shape index (κ1) is 15.1. The molecule has 0 aliphatic carbocycles. The molecule has 2 aromatic heterocycles. The van der Waals surface area contributed by atoms with Gasteiger partial charge in [0.05, 0.1) is 23.0 Å². The molecule has 3 rings (SSSR count). The highest BCUT2D eigenvalue weighted by atomic mass is 16.1. The molecule has 1 amide bonds. The van der Waals surface area contributed by atoms with Gasteiger partial charge in [0.15, 0.2) is 0 Å². The summed E-state index contributed by atoms with van der Waals surface area (Å²) in [6.07, 6.45) is 3.54. The van der Waals surface area contributed by atoms with Crippen LogP contribution in [0.2, 0.25) is 0 Å². The normalized spacial score (nSPS) is 10.8. The summed E-state index contributed by atoms with van der Waals surface area (Å²) in [6, 6.07) is 9.74. The monoisotopic (exact) mass is 308 g/mol. The molecule has 3 aromatic rings. The second-order valence-corrected chi connectivity index (χ2v) is 5.88. The van der Waals surface area contributed by atoms with E-state index in [1.165, 1.54) is 0 Å². The van der Waals surface area contributed by atoms with Crippen LogP contribution < -0.4 is 10.2 Å². The van der Waals surface area contributed by atoms with Crippen molar-refractivity contribution in [3.8, 4) is 0 Å². The average molecular weight is 308 g/mol. The van der Waals surface area contributed by atoms with E-state index in [-0.39, 0.29) is 5.91 Å². The van der Waals surface area contributed by atoms with Gasteiger partial charge in [-0.05, 0) is 24.6 Å². The number of pyridine rings is 1. The topological polar surface area (TPSA) is 50.2 Å². The van der Waals surface area contributed by atoms with Crippen LogP contribution in [0.4, 0.5) is 11.5 Å². The first-order chi connectivity index (χ1) is 11.0. The molecular formula is C18H20N4O. The van der Waals surface area contributed by atoms with Gasteiger partial charge in [0.2, 0.25) is 0 Å². The Balaban J connectivity index is 1.91. The van der Waals surface area contributed by atoms with Crippen molar-refractivity contribution in [1.82, 2.24) is 9.55 Å².